The fraction of sp³-hybridized carbons (Fsp3) is 0.143. The van der Waals surface area contributed by atoms with E-state index in [0.29, 0.717) is 5.69 Å². The molecular weight excluding hydrogens is 346 g/mol. The molecule has 2 aromatic rings. The number of anilines is 1. The van der Waals surface area contributed by atoms with E-state index in [4.69, 9.17) is 0 Å². The van der Waals surface area contributed by atoms with Crippen LogP contribution in [0.2, 0.25) is 0 Å². The first-order valence-corrected chi connectivity index (χ1v) is 9.10. The second kappa shape index (κ2) is 9.63. The minimum absolute atomic E-state index is 0.0324. The van der Waals surface area contributed by atoms with Gasteiger partial charge in [0.05, 0.1) is 10.7 Å². The van der Waals surface area contributed by atoms with Crippen LogP contribution in [0.4, 0.5) is 5.69 Å². The molecule has 0 saturated carbocycles. The zero-order valence-electron chi connectivity index (χ0n) is 14.7. The average molecular weight is 367 g/mol. The number of carboxylic acids is 1. The Morgan fingerprint density at radius 1 is 1.12 bits per heavy atom. The molecule has 2 aromatic carbocycles. The van der Waals surface area contributed by atoms with Crippen molar-refractivity contribution in [2.45, 2.75) is 13.8 Å². The fourth-order valence-electron chi connectivity index (χ4n) is 2.29. The van der Waals surface area contributed by atoms with Gasteiger partial charge in [0.25, 0.3) is 0 Å². The topological polar surface area (TPSA) is 66.4 Å². The molecule has 0 heterocycles. The van der Waals surface area contributed by atoms with Gasteiger partial charge in [0.1, 0.15) is 0 Å². The Morgan fingerprint density at radius 3 is 2.50 bits per heavy atom. The Bertz CT molecular complexity index is 841. The minimum atomic E-state index is -1.04. The summed E-state index contributed by atoms with van der Waals surface area (Å²) in [5.41, 5.74) is 3.55. The largest absolute Gasteiger partial charge is 0.477 e. The average Bonchev–Trinajstić information content (AvgIpc) is 2.59. The molecule has 0 radical (unpaired) electrons. The summed E-state index contributed by atoms with van der Waals surface area (Å²) in [4.78, 5) is 23.6. The number of carbonyl (C=O) groups is 2. The first-order valence-electron chi connectivity index (χ1n) is 8.11. The monoisotopic (exact) mass is 367 g/mol. The van der Waals surface area contributed by atoms with Gasteiger partial charge in [-0.25, -0.2) is 4.79 Å². The number of aliphatic carboxylic acids is 1. The number of thioether (sulfide) groups is 1. The summed E-state index contributed by atoms with van der Waals surface area (Å²) < 4.78 is 0. The van der Waals surface area contributed by atoms with Gasteiger partial charge in [-0.05, 0) is 48.8 Å². The maximum absolute atomic E-state index is 12.1. The number of allylic oxidation sites excluding steroid dienone is 2. The Morgan fingerprint density at radius 2 is 1.85 bits per heavy atom. The third-order valence-electron chi connectivity index (χ3n) is 3.42. The van der Waals surface area contributed by atoms with Crippen molar-refractivity contribution in [2.75, 3.05) is 11.1 Å². The van der Waals surface area contributed by atoms with E-state index >= 15 is 0 Å². The Hall–Kier alpha value is -2.79. The molecule has 0 aliphatic rings. The lowest BCUT2D eigenvalue weighted by Crippen LogP contribution is -2.15. The molecule has 2 rings (SSSR count). The zero-order chi connectivity index (χ0) is 18.9. The minimum Gasteiger partial charge on any atom is -0.477 e. The number of rotatable bonds is 7. The molecule has 26 heavy (non-hydrogen) atoms. The van der Waals surface area contributed by atoms with Crippen molar-refractivity contribution in [3.05, 3.63) is 82.3 Å². The summed E-state index contributed by atoms with van der Waals surface area (Å²) in [6.07, 6.45) is 3.48. The number of amides is 1. The highest BCUT2D eigenvalue weighted by atomic mass is 32.2. The van der Waals surface area contributed by atoms with Crippen LogP contribution in [0.3, 0.4) is 0 Å². The predicted molar refractivity (Wildman–Crippen MR) is 108 cm³/mol. The maximum Gasteiger partial charge on any atom is 0.342 e. The summed E-state index contributed by atoms with van der Waals surface area (Å²) in [5, 5.41) is 12.2. The zero-order valence-corrected chi connectivity index (χ0v) is 15.5. The molecule has 0 unspecified atom stereocenters. The van der Waals surface area contributed by atoms with Gasteiger partial charge in [-0.1, -0.05) is 48.5 Å². The van der Waals surface area contributed by atoms with E-state index in [2.05, 4.69) is 5.32 Å². The normalized spacial score (nSPS) is 11.9. The molecule has 2 N–H and O–H groups in total. The Labute approximate surface area is 157 Å². The van der Waals surface area contributed by atoms with Crippen LogP contribution in [0, 0.1) is 6.92 Å². The number of nitrogens with one attached hydrogen (secondary N) is 1. The van der Waals surface area contributed by atoms with Gasteiger partial charge in [-0.15, -0.1) is 11.8 Å². The molecule has 0 aromatic heterocycles. The van der Waals surface area contributed by atoms with Crippen LogP contribution >= 0.6 is 11.8 Å². The quantitative estimate of drug-likeness (QED) is 0.548. The van der Waals surface area contributed by atoms with E-state index in [1.54, 1.807) is 12.1 Å². The molecule has 4 nitrogen and oxygen atoms in total. The molecule has 0 bridgehead atoms. The second-order valence-electron chi connectivity index (χ2n) is 5.82. The first-order chi connectivity index (χ1) is 12.4. The van der Waals surface area contributed by atoms with Gasteiger partial charge >= 0.3 is 5.97 Å². The molecule has 0 fully saturated rings. The predicted octanol–water partition coefficient (Wildman–Crippen LogP) is 4.74. The molecular formula is C21H21NO3S. The van der Waals surface area contributed by atoms with Gasteiger partial charge in [0.2, 0.25) is 5.91 Å². The third-order valence-corrected chi connectivity index (χ3v) is 4.43. The number of benzene rings is 2. The van der Waals surface area contributed by atoms with Crippen molar-refractivity contribution in [2.24, 2.45) is 0 Å². The van der Waals surface area contributed by atoms with E-state index in [1.165, 1.54) is 0 Å². The highest BCUT2D eigenvalue weighted by Gasteiger charge is 2.11. The summed E-state index contributed by atoms with van der Waals surface area (Å²) in [6, 6.07) is 17.1. The molecule has 0 spiro atoms. The van der Waals surface area contributed by atoms with Gasteiger partial charge < -0.3 is 10.4 Å². The van der Waals surface area contributed by atoms with E-state index in [-0.39, 0.29) is 16.6 Å². The van der Waals surface area contributed by atoms with Crippen molar-refractivity contribution in [3.63, 3.8) is 0 Å². The van der Waals surface area contributed by atoms with E-state index in [1.807, 2.05) is 68.5 Å². The standard InChI is InChI=1S/C21H21NO3S/c1-15-7-6-10-18(12-15)22-20(23)14-26-19(21(24)25)13-16(2)11-17-8-4-3-5-9-17/h3-13H,14H2,1-2H3,(H,22,23)(H,24,25)/b16-11+,19-13+. The van der Waals surface area contributed by atoms with Crippen LogP contribution in [0.25, 0.3) is 6.08 Å². The van der Waals surface area contributed by atoms with Crippen LogP contribution in [0.15, 0.2) is 71.2 Å². The smallest absolute Gasteiger partial charge is 0.342 e. The van der Waals surface area contributed by atoms with Crippen molar-refractivity contribution in [3.8, 4) is 0 Å². The lowest BCUT2D eigenvalue weighted by molar-refractivity contribution is -0.131. The Kier molecular flexibility index (Phi) is 7.24. The Balaban J connectivity index is 2.00. The van der Waals surface area contributed by atoms with E-state index in [9.17, 15) is 14.7 Å². The highest BCUT2D eigenvalue weighted by molar-refractivity contribution is 8.04. The van der Waals surface area contributed by atoms with Crippen LogP contribution in [0.5, 0.6) is 0 Å². The van der Waals surface area contributed by atoms with Crippen molar-refractivity contribution >= 4 is 35.4 Å². The maximum atomic E-state index is 12.1. The van der Waals surface area contributed by atoms with Gasteiger partial charge in [-0.3, -0.25) is 4.79 Å². The number of hydrogen-bond donors (Lipinski definition) is 2. The summed E-state index contributed by atoms with van der Waals surface area (Å²) in [7, 11) is 0. The third kappa shape index (κ3) is 6.61. The molecule has 134 valence electrons. The molecule has 5 heteroatoms. The second-order valence-corrected chi connectivity index (χ2v) is 6.84. The molecule has 1 amide bonds. The van der Waals surface area contributed by atoms with Gasteiger partial charge in [0, 0.05) is 5.69 Å². The van der Waals surface area contributed by atoms with Crippen molar-refractivity contribution in [1.82, 2.24) is 0 Å². The molecule has 0 aliphatic heterocycles. The van der Waals surface area contributed by atoms with Gasteiger partial charge in [0.15, 0.2) is 0 Å². The van der Waals surface area contributed by atoms with Crippen LogP contribution in [0.1, 0.15) is 18.1 Å². The number of aryl methyl sites for hydroxylation is 1. The SMILES string of the molecule is CC(=C\c1ccccc1)/C=C(/SCC(=O)Nc1cccc(C)c1)C(=O)O. The van der Waals surface area contributed by atoms with E-state index in [0.717, 1.165) is 28.5 Å². The summed E-state index contributed by atoms with van der Waals surface area (Å²) in [5.74, 6) is -1.25. The van der Waals surface area contributed by atoms with Crippen molar-refractivity contribution < 1.29 is 14.7 Å². The van der Waals surface area contributed by atoms with Crippen molar-refractivity contribution in [1.29, 1.82) is 0 Å². The summed E-state index contributed by atoms with van der Waals surface area (Å²) in [6.45, 7) is 3.78. The lowest BCUT2D eigenvalue weighted by atomic mass is 10.1. The number of carboxylic acid groups (broad SMARTS) is 1. The molecule has 0 atom stereocenters. The fourth-order valence-corrected chi connectivity index (χ4v) is 3.04. The number of carbonyl (C=O) groups excluding carboxylic acids is 1. The van der Waals surface area contributed by atoms with Crippen LogP contribution < -0.4 is 5.32 Å². The van der Waals surface area contributed by atoms with Crippen LogP contribution in [-0.4, -0.2) is 22.7 Å². The molecule has 0 saturated heterocycles. The first kappa shape index (κ1) is 19.5. The highest BCUT2D eigenvalue weighted by Crippen LogP contribution is 2.20. The summed E-state index contributed by atoms with van der Waals surface area (Å²) >= 11 is 1.01. The number of hydrogen-bond acceptors (Lipinski definition) is 3. The van der Waals surface area contributed by atoms with Crippen LogP contribution in [-0.2, 0) is 9.59 Å². The van der Waals surface area contributed by atoms with Gasteiger partial charge in [-0.2, -0.15) is 0 Å². The molecule has 0 aliphatic carbocycles. The van der Waals surface area contributed by atoms with E-state index < -0.39 is 5.97 Å². The lowest BCUT2D eigenvalue weighted by Gasteiger charge is -2.06.